The van der Waals surface area contributed by atoms with Crippen molar-refractivity contribution in [2.24, 2.45) is 0 Å². The largest absolute Gasteiger partial charge is 0.467 e. The van der Waals surface area contributed by atoms with Gasteiger partial charge in [0.15, 0.2) is 6.23 Å². The number of hydrogen-bond donors (Lipinski definition) is 0. The number of ether oxygens (including phenoxy) is 2. The van der Waals surface area contributed by atoms with Crippen molar-refractivity contribution < 1.29 is 9.47 Å². The Morgan fingerprint density at radius 3 is 3.15 bits per heavy atom. The summed E-state index contributed by atoms with van der Waals surface area (Å²) in [5, 5.41) is 4.14. The monoisotopic (exact) mass is 247 g/mol. The molecule has 72 valence electrons. The normalized spacial score (nSPS) is 22.2. The third kappa shape index (κ3) is 1.68. The molecule has 1 aromatic heterocycles. The maximum absolute atomic E-state index is 5.45. The third-order valence-electron chi connectivity index (χ3n) is 1.94. The van der Waals surface area contributed by atoms with Gasteiger partial charge in [0, 0.05) is 6.61 Å². The Hall–Kier alpha value is -0.620. The van der Waals surface area contributed by atoms with Crippen LogP contribution in [-0.2, 0) is 4.74 Å². The number of nitrogens with zero attached hydrogens (tertiary/aromatic N) is 3. The zero-order valence-corrected chi connectivity index (χ0v) is 8.82. The van der Waals surface area contributed by atoms with Crippen molar-refractivity contribution in [3.63, 3.8) is 0 Å². The summed E-state index contributed by atoms with van der Waals surface area (Å²) in [4.78, 5) is 4.04. The molecule has 1 aliphatic rings. The summed E-state index contributed by atoms with van der Waals surface area (Å²) in [7, 11) is 1.57. The minimum atomic E-state index is -0.0197. The summed E-state index contributed by atoms with van der Waals surface area (Å²) in [5.41, 5.74) is 0. The summed E-state index contributed by atoms with van der Waals surface area (Å²) in [6.07, 6.45) is 2.01. The Bertz CT molecular complexity index is 296. The summed E-state index contributed by atoms with van der Waals surface area (Å²) in [5.74, 6) is 0. The first-order valence-corrected chi connectivity index (χ1v) is 4.88. The smallest absolute Gasteiger partial charge is 0.318 e. The van der Waals surface area contributed by atoms with Crippen LogP contribution in [0.1, 0.15) is 19.1 Å². The van der Waals surface area contributed by atoms with Gasteiger partial charge in [-0.2, -0.15) is 9.67 Å². The molecule has 0 aromatic carbocycles. The lowest BCUT2D eigenvalue weighted by molar-refractivity contribution is 0.0395. The van der Waals surface area contributed by atoms with Crippen molar-refractivity contribution in [1.29, 1.82) is 0 Å². The number of rotatable bonds is 2. The maximum atomic E-state index is 5.45. The van der Waals surface area contributed by atoms with Crippen LogP contribution in [0.3, 0.4) is 0 Å². The van der Waals surface area contributed by atoms with Crippen LogP contribution in [0.5, 0.6) is 6.01 Å². The van der Waals surface area contributed by atoms with Gasteiger partial charge >= 0.3 is 6.01 Å². The van der Waals surface area contributed by atoms with E-state index in [4.69, 9.17) is 9.47 Å². The van der Waals surface area contributed by atoms with E-state index >= 15 is 0 Å². The molecule has 1 aliphatic heterocycles. The van der Waals surface area contributed by atoms with Gasteiger partial charge in [0.05, 0.1) is 7.11 Å². The van der Waals surface area contributed by atoms with E-state index in [9.17, 15) is 0 Å². The molecule has 0 saturated carbocycles. The van der Waals surface area contributed by atoms with Crippen molar-refractivity contribution in [3.8, 4) is 6.01 Å². The van der Waals surface area contributed by atoms with Gasteiger partial charge in [-0.1, -0.05) is 0 Å². The van der Waals surface area contributed by atoms with E-state index in [1.165, 1.54) is 0 Å². The van der Waals surface area contributed by atoms with Crippen LogP contribution in [-0.4, -0.2) is 28.5 Å². The molecule has 1 saturated heterocycles. The minimum Gasteiger partial charge on any atom is -0.467 e. The fourth-order valence-electron chi connectivity index (χ4n) is 1.36. The summed E-state index contributed by atoms with van der Waals surface area (Å²) in [6, 6.07) is 0.485. The molecule has 0 spiro atoms. The van der Waals surface area contributed by atoms with Crippen LogP contribution in [0.2, 0.25) is 0 Å². The molecule has 0 amide bonds. The summed E-state index contributed by atoms with van der Waals surface area (Å²) in [6.45, 7) is 0.783. The highest BCUT2D eigenvalue weighted by Gasteiger charge is 2.22. The third-order valence-corrected chi connectivity index (χ3v) is 2.27. The number of halogens is 1. The standard InChI is InChI=1S/C7H10BrN3O2/c1-12-7-9-6(8)10-11(7)5-3-2-4-13-5/h5H,2-4H2,1H3. The number of aromatic nitrogens is 3. The van der Waals surface area contributed by atoms with E-state index < -0.39 is 0 Å². The molecule has 0 N–H and O–H groups in total. The molecule has 1 fully saturated rings. The highest BCUT2D eigenvalue weighted by atomic mass is 79.9. The van der Waals surface area contributed by atoms with Gasteiger partial charge in [-0.15, -0.1) is 5.10 Å². The van der Waals surface area contributed by atoms with Gasteiger partial charge in [-0.05, 0) is 28.8 Å². The van der Waals surface area contributed by atoms with Gasteiger partial charge in [0.1, 0.15) is 0 Å². The molecule has 0 radical (unpaired) electrons. The Labute approximate surface area is 84.2 Å². The van der Waals surface area contributed by atoms with Gasteiger partial charge in [-0.3, -0.25) is 0 Å². The summed E-state index contributed by atoms with van der Waals surface area (Å²) >= 11 is 3.19. The van der Waals surface area contributed by atoms with E-state index in [0.717, 1.165) is 19.4 Å². The fraction of sp³-hybridized carbons (Fsp3) is 0.714. The topological polar surface area (TPSA) is 49.2 Å². The average molecular weight is 248 g/mol. The van der Waals surface area contributed by atoms with Crippen molar-refractivity contribution in [3.05, 3.63) is 4.73 Å². The zero-order chi connectivity index (χ0) is 9.26. The fourth-order valence-corrected chi connectivity index (χ4v) is 1.69. The van der Waals surface area contributed by atoms with Crippen LogP contribution in [0.25, 0.3) is 0 Å². The highest BCUT2D eigenvalue weighted by molar-refractivity contribution is 9.10. The van der Waals surface area contributed by atoms with E-state index in [0.29, 0.717) is 10.7 Å². The molecule has 0 bridgehead atoms. The first kappa shape index (κ1) is 8.96. The molecule has 5 nitrogen and oxygen atoms in total. The van der Waals surface area contributed by atoms with Crippen LogP contribution in [0, 0.1) is 0 Å². The lowest BCUT2D eigenvalue weighted by Crippen LogP contribution is -2.10. The van der Waals surface area contributed by atoms with E-state index in [1.54, 1.807) is 11.8 Å². The van der Waals surface area contributed by atoms with Crippen molar-refractivity contribution >= 4 is 15.9 Å². The van der Waals surface area contributed by atoms with Gasteiger partial charge < -0.3 is 9.47 Å². The van der Waals surface area contributed by atoms with Crippen LogP contribution in [0.4, 0.5) is 0 Å². The van der Waals surface area contributed by atoms with Crippen LogP contribution >= 0.6 is 15.9 Å². The first-order valence-electron chi connectivity index (χ1n) is 4.09. The van der Waals surface area contributed by atoms with Crippen molar-refractivity contribution in [1.82, 2.24) is 14.8 Å². The van der Waals surface area contributed by atoms with Crippen molar-refractivity contribution in [2.45, 2.75) is 19.1 Å². The SMILES string of the molecule is COc1nc(Br)nn1C1CCCO1. The second-order valence-electron chi connectivity index (χ2n) is 2.78. The molecule has 2 rings (SSSR count). The molecule has 1 aromatic rings. The zero-order valence-electron chi connectivity index (χ0n) is 7.23. The number of methoxy groups -OCH3 is 1. The first-order chi connectivity index (χ1) is 6.31. The highest BCUT2D eigenvalue weighted by Crippen LogP contribution is 2.26. The average Bonchev–Trinajstić information content (AvgIpc) is 2.71. The van der Waals surface area contributed by atoms with E-state index in [2.05, 4.69) is 26.0 Å². The van der Waals surface area contributed by atoms with Crippen LogP contribution in [0.15, 0.2) is 4.73 Å². The molecule has 0 aliphatic carbocycles. The molecule has 1 atom stereocenters. The maximum Gasteiger partial charge on any atom is 0.318 e. The molecule has 1 unspecified atom stereocenters. The molecular formula is C7H10BrN3O2. The number of hydrogen-bond acceptors (Lipinski definition) is 4. The van der Waals surface area contributed by atoms with E-state index in [1.807, 2.05) is 0 Å². The van der Waals surface area contributed by atoms with Gasteiger partial charge in [0.2, 0.25) is 4.73 Å². The molecule has 6 heteroatoms. The lowest BCUT2D eigenvalue weighted by atomic mass is 10.3. The quantitative estimate of drug-likeness (QED) is 0.792. The van der Waals surface area contributed by atoms with Gasteiger partial charge in [-0.25, -0.2) is 0 Å². The Balaban J connectivity index is 2.26. The second kappa shape index (κ2) is 3.63. The predicted octanol–water partition coefficient (Wildman–Crippen LogP) is 1.36. The Kier molecular flexibility index (Phi) is 2.50. The summed E-state index contributed by atoms with van der Waals surface area (Å²) < 4.78 is 12.7. The molecule has 13 heavy (non-hydrogen) atoms. The molecule has 2 heterocycles. The Morgan fingerprint density at radius 2 is 2.54 bits per heavy atom. The predicted molar refractivity (Wildman–Crippen MR) is 48.5 cm³/mol. The Morgan fingerprint density at radius 1 is 1.69 bits per heavy atom. The van der Waals surface area contributed by atoms with Crippen molar-refractivity contribution in [2.75, 3.05) is 13.7 Å². The van der Waals surface area contributed by atoms with Crippen LogP contribution < -0.4 is 4.74 Å². The van der Waals surface area contributed by atoms with Gasteiger partial charge in [0.25, 0.3) is 0 Å². The minimum absolute atomic E-state index is 0.0197. The molecular weight excluding hydrogens is 238 g/mol. The van der Waals surface area contributed by atoms with E-state index in [-0.39, 0.29) is 6.23 Å². The second-order valence-corrected chi connectivity index (χ2v) is 3.49. The lowest BCUT2D eigenvalue weighted by Gasteiger charge is -2.10.